The Kier molecular flexibility index (Phi) is 2.62. The first-order valence-corrected chi connectivity index (χ1v) is 5.05. The number of aromatic nitrogens is 2. The number of amides is 2. The number of nitrogens with zero attached hydrogens (tertiary/aromatic N) is 3. The second kappa shape index (κ2) is 3.96. The Bertz CT molecular complexity index is 463. The predicted molar refractivity (Wildman–Crippen MR) is 59.3 cm³/mol. The number of carbonyl (C=O) groups excluding carboxylic acids is 1. The van der Waals surface area contributed by atoms with Crippen LogP contribution >= 0.6 is 0 Å². The van der Waals surface area contributed by atoms with Crippen LogP contribution in [0, 0.1) is 5.92 Å². The molecule has 1 aromatic heterocycles. The molecule has 0 spiro atoms. The van der Waals surface area contributed by atoms with Gasteiger partial charge < -0.3 is 21.1 Å². The summed E-state index contributed by atoms with van der Waals surface area (Å²) in [5, 5.41) is 15.1. The molecule has 1 aliphatic rings. The second-order valence-corrected chi connectivity index (χ2v) is 3.94. The molecule has 0 radical (unpaired) electrons. The van der Waals surface area contributed by atoms with E-state index in [9.17, 15) is 9.59 Å². The minimum absolute atomic E-state index is 0.224. The predicted octanol–water partition coefficient (Wildman–Crippen LogP) is -0.449. The fourth-order valence-electron chi connectivity index (χ4n) is 1.58. The van der Waals surface area contributed by atoms with Gasteiger partial charge in [0.1, 0.15) is 11.5 Å². The van der Waals surface area contributed by atoms with Crippen LogP contribution in [-0.2, 0) is 11.8 Å². The number of nitrogen functional groups attached to an aromatic ring is 1. The molecule has 0 aromatic carbocycles. The van der Waals surface area contributed by atoms with Crippen LogP contribution in [0.3, 0.4) is 0 Å². The van der Waals surface area contributed by atoms with Crippen LogP contribution in [0.2, 0.25) is 0 Å². The third kappa shape index (κ3) is 2.01. The van der Waals surface area contributed by atoms with Gasteiger partial charge in [-0.3, -0.25) is 9.48 Å². The average molecular weight is 239 g/mol. The highest BCUT2D eigenvalue weighted by atomic mass is 16.4. The molecule has 4 N–H and O–H groups in total. The first-order chi connectivity index (χ1) is 7.99. The zero-order chi connectivity index (χ0) is 12.6. The van der Waals surface area contributed by atoms with E-state index in [0.717, 1.165) is 0 Å². The molecular formula is C9H13N5O3. The van der Waals surface area contributed by atoms with Crippen molar-refractivity contribution in [3.05, 3.63) is 6.20 Å². The topological polar surface area (TPSA) is 113 Å². The van der Waals surface area contributed by atoms with Crippen LogP contribution in [0.15, 0.2) is 6.20 Å². The molecule has 17 heavy (non-hydrogen) atoms. The van der Waals surface area contributed by atoms with Gasteiger partial charge in [0.2, 0.25) is 5.91 Å². The van der Waals surface area contributed by atoms with E-state index in [-0.39, 0.29) is 24.9 Å². The molecule has 2 amide bonds. The maximum Gasteiger partial charge on any atom is 0.407 e. The lowest BCUT2D eigenvalue weighted by Gasteiger charge is -2.35. The van der Waals surface area contributed by atoms with Gasteiger partial charge in [0.25, 0.3) is 0 Å². The smallest absolute Gasteiger partial charge is 0.407 e. The van der Waals surface area contributed by atoms with Crippen molar-refractivity contribution in [3.8, 4) is 0 Å². The molecule has 2 heterocycles. The Balaban J connectivity index is 1.91. The van der Waals surface area contributed by atoms with Crippen molar-refractivity contribution in [1.82, 2.24) is 14.7 Å². The van der Waals surface area contributed by atoms with Gasteiger partial charge in [0, 0.05) is 20.1 Å². The van der Waals surface area contributed by atoms with Gasteiger partial charge in [0.05, 0.1) is 12.1 Å². The van der Waals surface area contributed by atoms with Crippen LogP contribution in [0.1, 0.15) is 0 Å². The van der Waals surface area contributed by atoms with E-state index >= 15 is 0 Å². The van der Waals surface area contributed by atoms with Crippen molar-refractivity contribution < 1.29 is 14.7 Å². The number of aryl methyl sites for hydroxylation is 1. The average Bonchev–Trinajstić information content (AvgIpc) is 2.46. The highest BCUT2D eigenvalue weighted by Crippen LogP contribution is 2.20. The molecule has 2 rings (SSSR count). The van der Waals surface area contributed by atoms with Gasteiger partial charge in [-0.1, -0.05) is 0 Å². The van der Waals surface area contributed by atoms with Gasteiger partial charge in [0.15, 0.2) is 0 Å². The van der Waals surface area contributed by atoms with Gasteiger partial charge in [-0.2, -0.15) is 5.10 Å². The zero-order valence-corrected chi connectivity index (χ0v) is 9.25. The number of hydrogen-bond donors (Lipinski definition) is 3. The molecule has 1 saturated heterocycles. The van der Waals surface area contributed by atoms with Crippen molar-refractivity contribution in [2.24, 2.45) is 13.0 Å². The minimum atomic E-state index is -1.00. The van der Waals surface area contributed by atoms with Crippen LogP contribution < -0.4 is 11.1 Å². The van der Waals surface area contributed by atoms with Crippen molar-refractivity contribution in [1.29, 1.82) is 0 Å². The second-order valence-electron chi connectivity index (χ2n) is 3.94. The molecular weight excluding hydrogens is 226 g/mol. The van der Waals surface area contributed by atoms with Crippen molar-refractivity contribution >= 4 is 23.5 Å². The van der Waals surface area contributed by atoms with Gasteiger partial charge in [-0.05, 0) is 0 Å². The Morgan fingerprint density at radius 1 is 1.59 bits per heavy atom. The molecule has 1 aromatic rings. The van der Waals surface area contributed by atoms with E-state index in [0.29, 0.717) is 11.5 Å². The first kappa shape index (κ1) is 11.2. The molecule has 0 bridgehead atoms. The summed E-state index contributed by atoms with van der Waals surface area (Å²) in [5.41, 5.74) is 6.12. The zero-order valence-electron chi connectivity index (χ0n) is 9.25. The number of carboxylic acid groups (broad SMARTS) is 1. The van der Waals surface area contributed by atoms with Crippen LogP contribution in [0.5, 0.6) is 0 Å². The fourth-order valence-corrected chi connectivity index (χ4v) is 1.58. The number of anilines is 2. The highest BCUT2D eigenvalue weighted by Gasteiger charge is 2.35. The molecule has 8 nitrogen and oxygen atoms in total. The third-order valence-corrected chi connectivity index (χ3v) is 2.77. The molecule has 0 saturated carbocycles. The summed E-state index contributed by atoms with van der Waals surface area (Å²) in [4.78, 5) is 23.4. The summed E-state index contributed by atoms with van der Waals surface area (Å²) in [6.07, 6.45) is 0.455. The molecule has 92 valence electrons. The summed E-state index contributed by atoms with van der Waals surface area (Å²) in [5.74, 6) is -0.180. The maximum atomic E-state index is 11.7. The summed E-state index contributed by atoms with van der Waals surface area (Å²) in [7, 11) is 1.67. The van der Waals surface area contributed by atoms with Gasteiger partial charge >= 0.3 is 6.09 Å². The minimum Gasteiger partial charge on any atom is -0.465 e. The number of hydrogen-bond acceptors (Lipinski definition) is 4. The van der Waals surface area contributed by atoms with E-state index in [1.54, 1.807) is 7.05 Å². The van der Waals surface area contributed by atoms with E-state index in [1.165, 1.54) is 15.8 Å². The van der Waals surface area contributed by atoms with E-state index in [4.69, 9.17) is 10.8 Å². The van der Waals surface area contributed by atoms with Gasteiger partial charge in [-0.25, -0.2) is 4.79 Å². The summed E-state index contributed by atoms with van der Waals surface area (Å²) < 4.78 is 1.44. The third-order valence-electron chi connectivity index (χ3n) is 2.77. The summed E-state index contributed by atoms with van der Waals surface area (Å²) in [6, 6.07) is 0. The highest BCUT2D eigenvalue weighted by molar-refractivity contribution is 5.96. The lowest BCUT2D eigenvalue weighted by Crippen LogP contribution is -2.53. The van der Waals surface area contributed by atoms with Crippen molar-refractivity contribution in [2.75, 3.05) is 24.1 Å². The molecule has 1 aliphatic heterocycles. The molecule has 0 atom stereocenters. The van der Waals surface area contributed by atoms with Crippen molar-refractivity contribution in [2.45, 2.75) is 0 Å². The lowest BCUT2D eigenvalue weighted by atomic mass is 10.00. The van der Waals surface area contributed by atoms with Crippen molar-refractivity contribution in [3.63, 3.8) is 0 Å². The van der Waals surface area contributed by atoms with Crippen LogP contribution in [0.25, 0.3) is 0 Å². The van der Waals surface area contributed by atoms with Gasteiger partial charge in [-0.15, -0.1) is 0 Å². The van der Waals surface area contributed by atoms with E-state index < -0.39 is 6.09 Å². The Morgan fingerprint density at radius 3 is 2.71 bits per heavy atom. The number of nitrogens with two attached hydrogens (primary N) is 1. The van der Waals surface area contributed by atoms with E-state index in [2.05, 4.69) is 10.4 Å². The first-order valence-electron chi connectivity index (χ1n) is 5.05. The largest absolute Gasteiger partial charge is 0.465 e. The molecule has 0 unspecified atom stereocenters. The van der Waals surface area contributed by atoms with Crippen LogP contribution in [0.4, 0.5) is 16.3 Å². The summed E-state index contributed by atoms with van der Waals surface area (Å²) in [6.45, 7) is 0.447. The number of rotatable bonds is 2. The van der Waals surface area contributed by atoms with Crippen LogP contribution in [-0.4, -0.2) is 44.9 Å². The Labute approximate surface area is 97.0 Å². The summed E-state index contributed by atoms with van der Waals surface area (Å²) >= 11 is 0. The fraction of sp³-hybridized carbons (Fsp3) is 0.444. The normalized spacial score (nSPS) is 15.5. The molecule has 0 aliphatic carbocycles. The Hall–Kier alpha value is -2.25. The lowest BCUT2D eigenvalue weighted by molar-refractivity contribution is -0.123. The van der Waals surface area contributed by atoms with E-state index in [1.807, 2.05) is 0 Å². The number of carbonyl (C=O) groups is 2. The molecule has 8 heteroatoms. The standard InChI is InChI=1S/C9H13N5O3/c1-13-7(10)6(2-11-13)12-8(15)5-3-14(4-5)9(16)17/h2,5H,3-4,10H2,1H3,(H,12,15)(H,16,17). The SMILES string of the molecule is Cn1ncc(NC(=O)C2CN(C(=O)O)C2)c1N. The monoisotopic (exact) mass is 239 g/mol. The quantitative estimate of drug-likeness (QED) is 0.646. The number of nitrogens with one attached hydrogen (secondary N) is 1. The number of likely N-dealkylation sites (tertiary alicyclic amines) is 1. The Morgan fingerprint density at radius 2 is 2.24 bits per heavy atom. The molecule has 1 fully saturated rings. The maximum absolute atomic E-state index is 11.7.